The number of hydrogen-bond acceptors (Lipinski definition) is 2. The van der Waals surface area contributed by atoms with Gasteiger partial charge in [-0.05, 0) is 41.7 Å². The molecule has 0 heterocycles. The number of carbonyl (C=O) groups is 2. The maximum Gasteiger partial charge on any atom is 0.315 e. The molecule has 25 heavy (non-hydrogen) atoms. The molecule has 4 nitrogen and oxygen atoms in total. The van der Waals surface area contributed by atoms with Gasteiger partial charge in [0, 0.05) is 6.42 Å². The van der Waals surface area contributed by atoms with Crippen molar-refractivity contribution in [2.24, 2.45) is 0 Å². The van der Waals surface area contributed by atoms with Gasteiger partial charge in [0.15, 0.2) is 0 Å². The molecule has 1 unspecified atom stereocenters. The zero-order chi connectivity index (χ0) is 17.8. The Morgan fingerprint density at radius 1 is 1.20 bits per heavy atom. The summed E-state index contributed by atoms with van der Waals surface area (Å²) in [7, 11) is 0. The van der Waals surface area contributed by atoms with Crippen molar-refractivity contribution in [1.82, 2.24) is 10.6 Å². The average Bonchev–Trinajstić information content (AvgIpc) is 3.00. The monoisotopic (exact) mass is 376 g/mol. The third kappa shape index (κ3) is 4.14. The molecule has 1 aliphatic rings. The van der Waals surface area contributed by atoms with E-state index in [1.807, 2.05) is 18.2 Å². The highest BCUT2D eigenvalue weighted by molar-refractivity contribution is 6.42. The first-order valence-corrected chi connectivity index (χ1v) is 8.87. The number of hydrogen-bond donors (Lipinski definition) is 2. The van der Waals surface area contributed by atoms with E-state index >= 15 is 0 Å². The Balaban J connectivity index is 1.69. The van der Waals surface area contributed by atoms with Crippen LogP contribution in [0.1, 0.15) is 41.6 Å². The Morgan fingerprint density at radius 3 is 2.76 bits per heavy atom. The minimum atomic E-state index is -0.455. The molecule has 0 bridgehead atoms. The molecule has 0 radical (unpaired) electrons. The van der Waals surface area contributed by atoms with Crippen LogP contribution in [0.3, 0.4) is 0 Å². The summed E-state index contributed by atoms with van der Waals surface area (Å²) in [6.45, 7) is 0. The fraction of sp³-hybridized carbons (Fsp3) is 0.263. The van der Waals surface area contributed by atoms with Gasteiger partial charge >= 0.3 is 6.03 Å². The molecule has 1 aliphatic carbocycles. The van der Waals surface area contributed by atoms with Gasteiger partial charge in [-0.3, -0.25) is 0 Å². The summed E-state index contributed by atoms with van der Waals surface area (Å²) >= 11 is 12.0. The molecule has 2 atom stereocenters. The van der Waals surface area contributed by atoms with Crippen LogP contribution in [-0.2, 0) is 11.2 Å². The third-order valence-electron chi connectivity index (χ3n) is 4.42. The predicted octanol–water partition coefficient (Wildman–Crippen LogP) is 4.61. The smallest absolute Gasteiger partial charge is 0.315 e. The Hall–Kier alpha value is -2.04. The Kier molecular flexibility index (Phi) is 5.61. The molecule has 0 saturated heterocycles. The lowest BCUT2D eigenvalue weighted by Crippen LogP contribution is -2.39. The third-order valence-corrected chi connectivity index (χ3v) is 5.16. The van der Waals surface area contributed by atoms with E-state index in [1.54, 1.807) is 18.2 Å². The van der Waals surface area contributed by atoms with Crippen molar-refractivity contribution in [2.75, 3.05) is 0 Å². The summed E-state index contributed by atoms with van der Waals surface area (Å²) in [6.07, 6.45) is 2.76. The number of aryl methyl sites for hydroxylation is 1. The molecule has 2 aromatic carbocycles. The zero-order valence-electron chi connectivity index (χ0n) is 13.5. The van der Waals surface area contributed by atoms with Crippen LogP contribution in [0.15, 0.2) is 42.5 Å². The SMILES string of the molecule is O=CC[C@H](NC(=O)NC1CCc2ccccc21)c1ccc(Cl)c(Cl)c1. The maximum absolute atomic E-state index is 12.4. The zero-order valence-corrected chi connectivity index (χ0v) is 15.0. The van der Waals surface area contributed by atoms with E-state index < -0.39 is 6.04 Å². The van der Waals surface area contributed by atoms with E-state index in [9.17, 15) is 9.59 Å². The van der Waals surface area contributed by atoms with E-state index in [2.05, 4.69) is 16.7 Å². The highest BCUT2D eigenvalue weighted by atomic mass is 35.5. The normalized spacial score (nSPS) is 16.8. The van der Waals surface area contributed by atoms with Crippen molar-refractivity contribution < 1.29 is 9.59 Å². The topological polar surface area (TPSA) is 58.2 Å². The number of nitrogens with one attached hydrogen (secondary N) is 2. The second-order valence-electron chi connectivity index (χ2n) is 6.04. The van der Waals surface area contributed by atoms with Crippen molar-refractivity contribution in [3.05, 3.63) is 69.2 Å². The van der Waals surface area contributed by atoms with E-state index in [0.29, 0.717) is 10.0 Å². The number of carbonyl (C=O) groups excluding carboxylic acids is 2. The van der Waals surface area contributed by atoms with E-state index in [4.69, 9.17) is 23.2 Å². The van der Waals surface area contributed by atoms with Crippen LogP contribution in [0.25, 0.3) is 0 Å². The number of amides is 2. The first-order valence-electron chi connectivity index (χ1n) is 8.12. The van der Waals surface area contributed by atoms with Gasteiger partial charge in [-0.15, -0.1) is 0 Å². The average molecular weight is 377 g/mol. The van der Waals surface area contributed by atoms with E-state index in [1.165, 1.54) is 5.56 Å². The molecule has 2 N–H and O–H groups in total. The van der Waals surface area contributed by atoms with Gasteiger partial charge in [-0.1, -0.05) is 53.5 Å². The molecule has 3 rings (SSSR count). The summed E-state index contributed by atoms with van der Waals surface area (Å²) in [5.74, 6) is 0. The quantitative estimate of drug-likeness (QED) is 0.748. The maximum atomic E-state index is 12.4. The lowest BCUT2D eigenvalue weighted by Gasteiger charge is -2.20. The first-order chi connectivity index (χ1) is 12.1. The second-order valence-corrected chi connectivity index (χ2v) is 6.85. The molecule has 0 spiro atoms. The number of aldehydes is 1. The lowest BCUT2D eigenvalue weighted by molar-refractivity contribution is -0.108. The van der Waals surface area contributed by atoms with Crippen molar-refractivity contribution in [3.63, 3.8) is 0 Å². The van der Waals surface area contributed by atoms with Gasteiger partial charge in [-0.2, -0.15) is 0 Å². The molecular weight excluding hydrogens is 359 g/mol. The predicted molar refractivity (Wildman–Crippen MR) is 99.1 cm³/mol. The number of halogens is 2. The van der Waals surface area contributed by atoms with Gasteiger partial charge in [0.05, 0.1) is 22.1 Å². The Bertz CT molecular complexity index is 795. The molecule has 0 fully saturated rings. The van der Waals surface area contributed by atoms with Gasteiger partial charge in [0.25, 0.3) is 0 Å². The van der Waals surface area contributed by atoms with Crippen molar-refractivity contribution in [1.29, 1.82) is 0 Å². The van der Waals surface area contributed by atoms with Crippen LogP contribution >= 0.6 is 23.2 Å². The summed E-state index contributed by atoms with van der Waals surface area (Å²) in [6, 6.07) is 12.4. The van der Waals surface area contributed by atoms with Gasteiger partial charge in [-0.25, -0.2) is 4.79 Å². The Labute approximate surface area is 156 Å². The summed E-state index contributed by atoms with van der Waals surface area (Å²) < 4.78 is 0. The molecule has 6 heteroatoms. The highest BCUT2D eigenvalue weighted by Crippen LogP contribution is 2.31. The highest BCUT2D eigenvalue weighted by Gasteiger charge is 2.24. The number of benzene rings is 2. The summed E-state index contributed by atoms with van der Waals surface area (Å²) in [5, 5.41) is 6.67. The lowest BCUT2D eigenvalue weighted by atomic mass is 10.0. The largest absolute Gasteiger partial charge is 0.331 e. The fourth-order valence-electron chi connectivity index (χ4n) is 3.17. The molecular formula is C19H18Cl2N2O2. The molecule has 2 aromatic rings. The first kappa shape index (κ1) is 17.8. The summed E-state index contributed by atoms with van der Waals surface area (Å²) in [5.41, 5.74) is 3.16. The molecule has 130 valence electrons. The fourth-order valence-corrected chi connectivity index (χ4v) is 3.48. The van der Waals surface area contributed by atoms with Crippen LogP contribution in [0, 0.1) is 0 Å². The van der Waals surface area contributed by atoms with E-state index in [-0.39, 0.29) is 18.5 Å². The van der Waals surface area contributed by atoms with Gasteiger partial charge in [0.2, 0.25) is 0 Å². The van der Waals surface area contributed by atoms with Gasteiger partial charge < -0.3 is 15.4 Å². The molecule has 0 aromatic heterocycles. The molecule has 0 saturated carbocycles. The number of fused-ring (bicyclic) bond motifs is 1. The summed E-state index contributed by atoms with van der Waals surface area (Å²) in [4.78, 5) is 23.4. The van der Waals surface area contributed by atoms with Crippen LogP contribution < -0.4 is 10.6 Å². The minimum Gasteiger partial charge on any atom is -0.331 e. The second kappa shape index (κ2) is 7.89. The number of urea groups is 1. The van der Waals surface area contributed by atoms with Crippen LogP contribution in [0.5, 0.6) is 0 Å². The van der Waals surface area contributed by atoms with Crippen molar-refractivity contribution >= 4 is 35.5 Å². The van der Waals surface area contributed by atoms with Crippen molar-refractivity contribution in [2.45, 2.75) is 31.3 Å². The Morgan fingerprint density at radius 2 is 2.00 bits per heavy atom. The molecule has 2 amide bonds. The number of rotatable bonds is 5. The van der Waals surface area contributed by atoms with Crippen molar-refractivity contribution in [3.8, 4) is 0 Å². The molecule has 0 aliphatic heterocycles. The van der Waals surface area contributed by atoms with E-state index in [0.717, 1.165) is 30.3 Å². The van der Waals surface area contributed by atoms with Gasteiger partial charge in [0.1, 0.15) is 6.29 Å². The minimum absolute atomic E-state index is 0.0121. The van der Waals surface area contributed by atoms with Crippen LogP contribution in [-0.4, -0.2) is 12.3 Å². The standard InChI is InChI=1S/C19H18Cl2N2O2/c20-15-7-5-13(11-16(15)21)17(9-10-24)22-19(25)23-18-8-6-12-3-1-2-4-14(12)18/h1-5,7,10-11,17-18H,6,8-9H2,(H2,22,23,25)/t17-,18?/m0/s1. The van der Waals surface area contributed by atoms with Crippen LogP contribution in [0.2, 0.25) is 10.0 Å². The van der Waals surface area contributed by atoms with Crippen LogP contribution in [0.4, 0.5) is 4.79 Å².